The summed E-state index contributed by atoms with van der Waals surface area (Å²) in [5.74, 6) is 0.440. The number of rotatable bonds is 6. The third kappa shape index (κ3) is 5.45. The summed E-state index contributed by atoms with van der Waals surface area (Å²) in [6, 6.07) is 8.04. The largest absolute Gasteiger partial charge is 0.586 e. The summed E-state index contributed by atoms with van der Waals surface area (Å²) in [5, 5.41) is 10.5. The molecule has 1 aromatic carbocycles. The normalized spacial score (nSPS) is 17.5. The number of aromatic nitrogens is 1. The standard InChI is InChI=1S/C24H27F2N3O5/c1-23(2,31)17-13-18(15-32-3)27-21(14-17)28-8-10-29(11-9-28)22(30)7-5-16-4-6-19-20(12-16)34-24(25,26)33-19/h4-7,12-14,31H,8-11,15H2,1-3H3/b7-5+. The molecule has 0 atom stereocenters. The Morgan fingerprint density at radius 1 is 1.18 bits per heavy atom. The molecular weight excluding hydrogens is 448 g/mol. The third-order valence-corrected chi connectivity index (χ3v) is 5.62. The Bertz CT molecular complexity index is 1090. The van der Waals surface area contributed by atoms with Gasteiger partial charge in [-0.15, -0.1) is 8.78 Å². The molecule has 182 valence electrons. The fraction of sp³-hybridized carbons (Fsp3) is 0.417. The van der Waals surface area contributed by atoms with Crippen molar-refractivity contribution in [1.82, 2.24) is 9.88 Å². The lowest BCUT2D eigenvalue weighted by atomic mass is 9.98. The maximum Gasteiger partial charge on any atom is 0.586 e. The van der Waals surface area contributed by atoms with Crippen LogP contribution in [0.3, 0.4) is 0 Å². The second kappa shape index (κ2) is 9.19. The summed E-state index contributed by atoms with van der Waals surface area (Å²) in [6.45, 7) is 5.91. The number of benzene rings is 1. The number of carbonyl (C=O) groups is 1. The van der Waals surface area contributed by atoms with Crippen molar-refractivity contribution in [2.75, 3.05) is 38.2 Å². The van der Waals surface area contributed by atoms with Gasteiger partial charge in [0.2, 0.25) is 5.91 Å². The van der Waals surface area contributed by atoms with E-state index in [1.165, 1.54) is 18.2 Å². The number of aliphatic hydroxyl groups is 1. The van der Waals surface area contributed by atoms with E-state index in [0.717, 1.165) is 17.1 Å². The van der Waals surface area contributed by atoms with Gasteiger partial charge in [0.1, 0.15) is 5.82 Å². The molecule has 0 aliphatic carbocycles. The van der Waals surface area contributed by atoms with Crippen LogP contribution in [0, 0.1) is 0 Å². The molecule has 1 amide bonds. The highest BCUT2D eigenvalue weighted by Crippen LogP contribution is 2.41. The number of alkyl halides is 2. The maximum absolute atomic E-state index is 13.2. The molecule has 0 spiro atoms. The number of hydrogen-bond acceptors (Lipinski definition) is 7. The Hall–Kier alpha value is -3.24. The molecule has 1 N–H and O–H groups in total. The van der Waals surface area contributed by atoms with Crippen LogP contribution in [0.5, 0.6) is 11.5 Å². The van der Waals surface area contributed by atoms with Crippen LogP contribution < -0.4 is 14.4 Å². The highest BCUT2D eigenvalue weighted by atomic mass is 19.3. The van der Waals surface area contributed by atoms with Crippen molar-refractivity contribution in [2.24, 2.45) is 0 Å². The minimum atomic E-state index is -3.67. The number of pyridine rings is 1. The monoisotopic (exact) mass is 475 g/mol. The highest BCUT2D eigenvalue weighted by Gasteiger charge is 2.43. The summed E-state index contributed by atoms with van der Waals surface area (Å²) in [6.07, 6.45) is -0.707. The smallest absolute Gasteiger partial charge is 0.395 e. The first-order valence-electron chi connectivity index (χ1n) is 10.9. The van der Waals surface area contributed by atoms with Crippen molar-refractivity contribution >= 4 is 17.8 Å². The Kier molecular flexibility index (Phi) is 6.46. The van der Waals surface area contributed by atoms with Crippen LogP contribution in [0.2, 0.25) is 0 Å². The van der Waals surface area contributed by atoms with Gasteiger partial charge in [0, 0.05) is 39.4 Å². The molecule has 1 saturated heterocycles. The first kappa shape index (κ1) is 23.9. The number of carbonyl (C=O) groups excluding carboxylic acids is 1. The van der Waals surface area contributed by atoms with Crippen LogP contribution in [0.15, 0.2) is 36.4 Å². The molecule has 2 aliphatic rings. The summed E-state index contributed by atoms with van der Waals surface area (Å²) >= 11 is 0. The van der Waals surface area contributed by atoms with Gasteiger partial charge in [-0.05, 0) is 55.3 Å². The molecule has 0 saturated carbocycles. The molecule has 2 aromatic rings. The molecule has 1 fully saturated rings. The Labute approximate surface area is 196 Å². The van der Waals surface area contributed by atoms with Crippen LogP contribution in [0.25, 0.3) is 6.08 Å². The first-order valence-corrected chi connectivity index (χ1v) is 10.9. The predicted molar refractivity (Wildman–Crippen MR) is 121 cm³/mol. The van der Waals surface area contributed by atoms with Gasteiger partial charge in [-0.25, -0.2) is 4.98 Å². The molecular formula is C24H27F2N3O5. The van der Waals surface area contributed by atoms with Crippen molar-refractivity contribution < 1.29 is 32.9 Å². The molecule has 8 nitrogen and oxygen atoms in total. The van der Waals surface area contributed by atoms with E-state index in [-0.39, 0.29) is 17.4 Å². The van der Waals surface area contributed by atoms with Crippen LogP contribution >= 0.6 is 0 Å². The number of nitrogens with zero attached hydrogens (tertiary/aromatic N) is 3. The van der Waals surface area contributed by atoms with E-state index >= 15 is 0 Å². The number of anilines is 1. The predicted octanol–water partition coefficient (Wildman–Crippen LogP) is 3.14. The molecule has 0 bridgehead atoms. The first-order chi connectivity index (χ1) is 16.0. The lowest BCUT2D eigenvalue weighted by molar-refractivity contribution is -0.286. The molecule has 1 aromatic heterocycles. The van der Waals surface area contributed by atoms with E-state index < -0.39 is 11.9 Å². The van der Waals surface area contributed by atoms with Crippen LogP contribution in [0.4, 0.5) is 14.6 Å². The van der Waals surface area contributed by atoms with E-state index in [0.29, 0.717) is 38.3 Å². The van der Waals surface area contributed by atoms with E-state index in [2.05, 4.69) is 19.4 Å². The quantitative estimate of drug-likeness (QED) is 0.643. The van der Waals surface area contributed by atoms with Gasteiger partial charge < -0.3 is 29.1 Å². The minimum absolute atomic E-state index is 0.0412. The van der Waals surface area contributed by atoms with Crippen LogP contribution in [0.1, 0.15) is 30.7 Å². The second-order valence-electron chi connectivity index (χ2n) is 8.72. The fourth-order valence-corrected chi connectivity index (χ4v) is 3.81. The van der Waals surface area contributed by atoms with Gasteiger partial charge in [0.05, 0.1) is 17.9 Å². The zero-order chi connectivity index (χ0) is 24.5. The van der Waals surface area contributed by atoms with Crippen molar-refractivity contribution in [3.63, 3.8) is 0 Å². The van der Waals surface area contributed by atoms with Gasteiger partial charge in [0.15, 0.2) is 11.5 Å². The summed E-state index contributed by atoms with van der Waals surface area (Å²) < 4.78 is 40.4. The molecule has 34 heavy (non-hydrogen) atoms. The van der Waals surface area contributed by atoms with E-state index in [9.17, 15) is 18.7 Å². The number of hydrogen-bond donors (Lipinski definition) is 1. The number of methoxy groups -OCH3 is 1. The molecule has 0 radical (unpaired) electrons. The van der Waals surface area contributed by atoms with Crippen molar-refractivity contribution in [3.8, 4) is 11.5 Å². The van der Waals surface area contributed by atoms with Gasteiger partial charge in [-0.3, -0.25) is 4.79 Å². The van der Waals surface area contributed by atoms with Gasteiger partial charge in [0.25, 0.3) is 0 Å². The van der Waals surface area contributed by atoms with E-state index in [1.807, 2.05) is 12.1 Å². The number of halogens is 2. The molecule has 2 aliphatic heterocycles. The molecule has 10 heteroatoms. The van der Waals surface area contributed by atoms with E-state index in [1.54, 1.807) is 38.0 Å². The zero-order valence-electron chi connectivity index (χ0n) is 19.3. The fourth-order valence-electron chi connectivity index (χ4n) is 3.81. The minimum Gasteiger partial charge on any atom is -0.395 e. The molecule has 0 unspecified atom stereocenters. The van der Waals surface area contributed by atoms with Gasteiger partial charge in [-0.2, -0.15) is 0 Å². The third-order valence-electron chi connectivity index (χ3n) is 5.62. The summed E-state index contributed by atoms with van der Waals surface area (Å²) in [7, 11) is 1.59. The van der Waals surface area contributed by atoms with E-state index in [4.69, 9.17) is 4.74 Å². The lowest BCUT2D eigenvalue weighted by Crippen LogP contribution is -2.48. The number of ether oxygens (including phenoxy) is 3. The molecule has 3 heterocycles. The van der Waals surface area contributed by atoms with Crippen LogP contribution in [-0.4, -0.2) is 60.5 Å². The summed E-state index contributed by atoms with van der Waals surface area (Å²) in [5.41, 5.74) is 0.991. The zero-order valence-corrected chi connectivity index (χ0v) is 19.3. The van der Waals surface area contributed by atoms with Gasteiger partial charge in [-0.1, -0.05) is 6.07 Å². The second-order valence-corrected chi connectivity index (χ2v) is 8.72. The maximum atomic E-state index is 13.2. The Morgan fingerprint density at radius 3 is 2.56 bits per heavy atom. The van der Waals surface area contributed by atoms with Crippen molar-refractivity contribution in [3.05, 3.63) is 53.2 Å². The number of fused-ring (bicyclic) bond motifs is 1. The number of amides is 1. The van der Waals surface area contributed by atoms with Crippen LogP contribution in [-0.2, 0) is 21.7 Å². The van der Waals surface area contributed by atoms with Crippen molar-refractivity contribution in [2.45, 2.75) is 32.4 Å². The number of piperazine rings is 1. The summed E-state index contributed by atoms with van der Waals surface area (Å²) in [4.78, 5) is 21.1. The average molecular weight is 475 g/mol. The SMILES string of the molecule is COCc1cc(C(C)(C)O)cc(N2CCN(C(=O)/C=C/c3ccc4c(c3)OC(F)(F)O4)CC2)n1. The topological polar surface area (TPSA) is 84.4 Å². The van der Waals surface area contributed by atoms with Crippen molar-refractivity contribution in [1.29, 1.82) is 0 Å². The van der Waals surface area contributed by atoms with Gasteiger partial charge >= 0.3 is 6.29 Å². The Morgan fingerprint density at radius 2 is 1.88 bits per heavy atom. The highest BCUT2D eigenvalue weighted by molar-refractivity contribution is 5.92. The lowest BCUT2D eigenvalue weighted by Gasteiger charge is -2.35. The average Bonchev–Trinajstić information content (AvgIpc) is 3.10. The Balaban J connectivity index is 1.39. The molecule has 4 rings (SSSR count).